The minimum absolute atomic E-state index is 0.0682. The standard InChI is InChI=1S/C26H26ClNO6/c1-2-8-21(28-26(31)32-15-16-9-4-3-5-10-16)25(30)34-23-14-22-19(13-20(23)27)17-11-6-7-12-18(17)24(29)33-22/h3-5,9-10,13-14,21H,2,6-8,11-12,15H2,1H3,(H,28,31)/t21-/m1/s1. The Morgan fingerprint density at radius 2 is 1.85 bits per heavy atom. The van der Waals surface area contributed by atoms with Gasteiger partial charge in [-0.2, -0.15) is 0 Å². The highest BCUT2D eigenvalue weighted by molar-refractivity contribution is 6.33. The lowest BCUT2D eigenvalue weighted by Crippen LogP contribution is -2.43. The molecule has 178 valence electrons. The summed E-state index contributed by atoms with van der Waals surface area (Å²) in [6, 6.07) is 11.4. The number of ether oxygens (including phenoxy) is 2. The normalized spacial score (nSPS) is 13.7. The average molecular weight is 484 g/mol. The number of alkyl carbamates (subject to hydrolysis) is 1. The molecule has 0 aliphatic heterocycles. The van der Waals surface area contributed by atoms with Gasteiger partial charge in [0.1, 0.15) is 18.2 Å². The number of benzene rings is 2. The first-order valence-corrected chi connectivity index (χ1v) is 11.8. The lowest BCUT2D eigenvalue weighted by atomic mass is 9.90. The van der Waals surface area contributed by atoms with Crippen molar-refractivity contribution in [2.75, 3.05) is 0 Å². The zero-order valence-corrected chi connectivity index (χ0v) is 19.7. The van der Waals surface area contributed by atoms with Crippen molar-refractivity contribution in [1.82, 2.24) is 5.32 Å². The van der Waals surface area contributed by atoms with Crippen molar-refractivity contribution in [3.05, 3.63) is 74.6 Å². The fourth-order valence-electron chi connectivity index (χ4n) is 4.15. The maximum atomic E-state index is 12.9. The maximum Gasteiger partial charge on any atom is 0.408 e. The molecular formula is C26H26ClNO6. The summed E-state index contributed by atoms with van der Waals surface area (Å²) in [5, 5.41) is 3.55. The lowest BCUT2D eigenvalue weighted by molar-refractivity contribution is -0.136. The average Bonchev–Trinajstić information content (AvgIpc) is 2.84. The van der Waals surface area contributed by atoms with E-state index in [-0.39, 0.29) is 23.0 Å². The third-order valence-corrected chi connectivity index (χ3v) is 6.15. The molecule has 1 amide bonds. The topological polar surface area (TPSA) is 94.8 Å². The van der Waals surface area contributed by atoms with Crippen LogP contribution in [0.25, 0.3) is 11.0 Å². The molecule has 2 aromatic carbocycles. The van der Waals surface area contributed by atoms with Crippen molar-refractivity contribution in [3.63, 3.8) is 0 Å². The van der Waals surface area contributed by atoms with Crippen molar-refractivity contribution in [1.29, 1.82) is 0 Å². The van der Waals surface area contributed by atoms with Crippen LogP contribution in [0.15, 0.2) is 51.7 Å². The summed E-state index contributed by atoms with van der Waals surface area (Å²) < 4.78 is 16.2. The van der Waals surface area contributed by atoms with Crippen molar-refractivity contribution >= 4 is 34.6 Å². The van der Waals surface area contributed by atoms with Crippen LogP contribution < -0.4 is 15.7 Å². The van der Waals surface area contributed by atoms with E-state index in [1.54, 1.807) is 6.07 Å². The number of fused-ring (bicyclic) bond motifs is 3. The monoisotopic (exact) mass is 483 g/mol. The first kappa shape index (κ1) is 23.8. The minimum Gasteiger partial charge on any atom is -0.445 e. The SMILES string of the molecule is CCC[C@@H](NC(=O)OCc1ccccc1)C(=O)Oc1cc2oc(=O)c3c(c2cc1Cl)CCCC3. The van der Waals surface area contributed by atoms with E-state index in [1.807, 2.05) is 37.3 Å². The Kier molecular flexibility index (Phi) is 7.53. The molecular weight excluding hydrogens is 458 g/mol. The number of hydrogen-bond donors (Lipinski definition) is 1. The van der Waals surface area contributed by atoms with E-state index < -0.39 is 18.1 Å². The molecule has 0 saturated heterocycles. The number of esters is 1. The smallest absolute Gasteiger partial charge is 0.408 e. The molecule has 3 aromatic rings. The highest BCUT2D eigenvalue weighted by Crippen LogP contribution is 2.34. The lowest BCUT2D eigenvalue weighted by Gasteiger charge is -2.19. The number of rotatable bonds is 7. The van der Waals surface area contributed by atoms with E-state index in [4.69, 9.17) is 25.5 Å². The molecule has 34 heavy (non-hydrogen) atoms. The number of carbonyl (C=O) groups is 2. The summed E-state index contributed by atoms with van der Waals surface area (Å²) in [5.41, 5.74) is 2.43. The summed E-state index contributed by atoms with van der Waals surface area (Å²) in [5.74, 6) is -0.612. The fourth-order valence-corrected chi connectivity index (χ4v) is 4.35. The Morgan fingerprint density at radius 3 is 2.59 bits per heavy atom. The summed E-state index contributed by atoms with van der Waals surface area (Å²) in [4.78, 5) is 37.5. The van der Waals surface area contributed by atoms with Crippen LogP contribution in [0.2, 0.25) is 5.02 Å². The van der Waals surface area contributed by atoms with Crippen molar-refractivity contribution in [3.8, 4) is 5.75 Å². The van der Waals surface area contributed by atoms with Crippen LogP contribution >= 0.6 is 11.6 Å². The van der Waals surface area contributed by atoms with Gasteiger partial charge in [-0.15, -0.1) is 0 Å². The Labute approximate surface area is 202 Å². The van der Waals surface area contributed by atoms with Gasteiger partial charge in [-0.25, -0.2) is 14.4 Å². The van der Waals surface area contributed by atoms with Crippen LogP contribution in [0.4, 0.5) is 4.79 Å². The van der Waals surface area contributed by atoms with Gasteiger partial charge in [0.05, 0.1) is 5.02 Å². The predicted octanol–water partition coefficient (Wildman–Crippen LogP) is 5.33. The summed E-state index contributed by atoms with van der Waals surface area (Å²) in [6.07, 6.45) is 3.67. The summed E-state index contributed by atoms with van der Waals surface area (Å²) in [7, 11) is 0. The van der Waals surface area contributed by atoms with Gasteiger partial charge in [0, 0.05) is 17.0 Å². The molecule has 8 heteroatoms. The van der Waals surface area contributed by atoms with Gasteiger partial charge in [-0.3, -0.25) is 0 Å². The zero-order chi connectivity index (χ0) is 24.1. The van der Waals surface area contributed by atoms with Crippen LogP contribution in [0.3, 0.4) is 0 Å². The molecule has 7 nitrogen and oxygen atoms in total. The van der Waals surface area contributed by atoms with Crippen molar-refractivity contribution < 1.29 is 23.5 Å². The summed E-state index contributed by atoms with van der Waals surface area (Å²) >= 11 is 6.43. The number of amides is 1. The van der Waals surface area contributed by atoms with Crippen LogP contribution in [0, 0.1) is 0 Å². The Balaban J connectivity index is 1.48. The second kappa shape index (κ2) is 10.7. The van der Waals surface area contributed by atoms with E-state index >= 15 is 0 Å². The van der Waals surface area contributed by atoms with E-state index in [1.165, 1.54) is 6.07 Å². The Hall–Kier alpha value is -3.32. The number of hydrogen-bond acceptors (Lipinski definition) is 6. The van der Waals surface area contributed by atoms with E-state index in [0.29, 0.717) is 30.4 Å². The van der Waals surface area contributed by atoms with Crippen LogP contribution in [-0.4, -0.2) is 18.1 Å². The molecule has 4 rings (SSSR count). The fraction of sp³-hybridized carbons (Fsp3) is 0.346. The third kappa shape index (κ3) is 5.42. The molecule has 1 aromatic heterocycles. The predicted molar refractivity (Wildman–Crippen MR) is 128 cm³/mol. The maximum absolute atomic E-state index is 12.9. The molecule has 1 heterocycles. The van der Waals surface area contributed by atoms with Crippen LogP contribution in [-0.2, 0) is 29.0 Å². The third-order valence-electron chi connectivity index (χ3n) is 5.85. The molecule has 1 atom stereocenters. The Morgan fingerprint density at radius 1 is 1.12 bits per heavy atom. The number of halogens is 1. The summed E-state index contributed by atoms with van der Waals surface area (Å²) in [6.45, 7) is 1.97. The first-order valence-electron chi connectivity index (χ1n) is 11.4. The molecule has 0 saturated carbocycles. The van der Waals surface area contributed by atoms with Gasteiger partial charge >= 0.3 is 17.7 Å². The number of carbonyl (C=O) groups excluding carboxylic acids is 2. The van der Waals surface area contributed by atoms with Crippen LogP contribution in [0.5, 0.6) is 5.75 Å². The highest BCUT2D eigenvalue weighted by Gasteiger charge is 2.25. The van der Waals surface area contributed by atoms with Crippen molar-refractivity contribution in [2.24, 2.45) is 0 Å². The molecule has 0 spiro atoms. The zero-order valence-electron chi connectivity index (χ0n) is 18.9. The number of aryl methyl sites for hydroxylation is 1. The van der Waals surface area contributed by atoms with E-state index in [9.17, 15) is 14.4 Å². The molecule has 1 aliphatic carbocycles. The van der Waals surface area contributed by atoms with Gasteiger partial charge in [0.2, 0.25) is 0 Å². The molecule has 0 fully saturated rings. The van der Waals surface area contributed by atoms with E-state index in [0.717, 1.165) is 35.8 Å². The molecule has 0 radical (unpaired) electrons. The Bertz CT molecular complexity index is 1250. The molecule has 1 N–H and O–H groups in total. The quantitative estimate of drug-likeness (QED) is 0.277. The second-order valence-corrected chi connectivity index (χ2v) is 8.71. The second-order valence-electron chi connectivity index (χ2n) is 8.30. The van der Waals surface area contributed by atoms with E-state index in [2.05, 4.69) is 5.32 Å². The van der Waals surface area contributed by atoms with Gasteiger partial charge in [0.15, 0.2) is 5.75 Å². The first-order chi connectivity index (χ1) is 16.5. The highest BCUT2D eigenvalue weighted by atomic mass is 35.5. The van der Waals surface area contributed by atoms with Gasteiger partial charge in [0.25, 0.3) is 0 Å². The molecule has 0 unspecified atom stereocenters. The van der Waals surface area contributed by atoms with Gasteiger partial charge in [-0.05, 0) is 49.3 Å². The van der Waals surface area contributed by atoms with Gasteiger partial charge in [-0.1, -0.05) is 55.3 Å². The minimum atomic E-state index is -0.921. The largest absolute Gasteiger partial charge is 0.445 e. The van der Waals surface area contributed by atoms with Gasteiger partial charge < -0.3 is 19.2 Å². The molecule has 1 aliphatic rings. The molecule has 0 bridgehead atoms. The number of nitrogens with one attached hydrogen (secondary N) is 1. The van der Waals surface area contributed by atoms with Crippen molar-refractivity contribution in [2.45, 2.75) is 58.1 Å². The van der Waals surface area contributed by atoms with Crippen LogP contribution in [0.1, 0.15) is 49.3 Å².